The van der Waals surface area contributed by atoms with Gasteiger partial charge >= 0.3 is 0 Å². The molecule has 2 N–H and O–H groups in total. The van der Waals surface area contributed by atoms with Gasteiger partial charge in [-0.25, -0.2) is 0 Å². The minimum absolute atomic E-state index is 0.589. The number of para-hydroxylation sites is 1. The van der Waals surface area contributed by atoms with Gasteiger partial charge in [0.25, 0.3) is 0 Å². The average molecular weight is 243 g/mol. The highest BCUT2D eigenvalue weighted by Crippen LogP contribution is 2.25. The van der Waals surface area contributed by atoms with Crippen molar-refractivity contribution in [1.82, 2.24) is 9.78 Å². The molecule has 18 heavy (non-hydrogen) atoms. The predicted molar refractivity (Wildman–Crippen MR) is 71.0 cm³/mol. The van der Waals surface area contributed by atoms with Gasteiger partial charge in [-0.05, 0) is 12.5 Å². The molecular formula is C14H17N3O. The Morgan fingerprint density at radius 3 is 3.06 bits per heavy atom. The molecule has 1 atom stereocenters. The van der Waals surface area contributed by atoms with Crippen LogP contribution in [0.2, 0.25) is 0 Å². The van der Waals surface area contributed by atoms with Gasteiger partial charge in [0.1, 0.15) is 0 Å². The lowest BCUT2D eigenvalue weighted by Crippen LogP contribution is -2.10. The second kappa shape index (κ2) is 4.82. The third kappa shape index (κ3) is 2.24. The largest absolute Gasteiger partial charge is 0.398 e. The Balaban J connectivity index is 1.79. The number of ether oxygens (including phenoxy) is 1. The quantitative estimate of drug-likeness (QED) is 0.840. The molecule has 0 radical (unpaired) electrons. The van der Waals surface area contributed by atoms with E-state index < -0.39 is 0 Å². The van der Waals surface area contributed by atoms with Crippen LogP contribution in [0.1, 0.15) is 6.42 Å². The van der Waals surface area contributed by atoms with Crippen molar-refractivity contribution in [2.24, 2.45) is 5.92 Å². The summed E-state index contributed by atoms with van der Waals surface area (Å²) in [5.74, 6) is 0.589. The molecule has 94 valence electrons. The third-order valence-corrected chi connectivity index (χ3v) is 3.37. The van der Waals surface area contributed by atoms with Crippen molar-refractivity contribution >= 4 is 5.69 Å². The summed E-state index contributed by atoms with van der Waals surface area (Å²) in [4.78, 5) is 0. The van der Waals surface area contributed by atoms with Crippen molar-refractivity contribution < 1.29 is 4.74 Å². The SMILES string of the molecule is Nc1ccccc1-c1cnn(CC2CCOC2)c1. The molecule has 1 saturated heterocycles. The van der Waals surface area contributed by atoms with Gasteiger partial charge in [-0.1, -0.05) is 18.2 Å². The summed E-state index contributed by atoms with van der Waals surface area (Å²) in [5.41, 5.74) is 8.88. The second-order valence-electron chi connectivity index (χ2n) is 4.77. The lowest BCUT2D eigenvalue weighted by molar-refractivity contribution is 0.181. The molecule has 4 nitrogen and oxygen atoms in total. The minimum Gasteiger partial charge on any atom is -0.398 e. The van der Waals surface area contributed by atoms with E-state index in [1.165, 1.54) is 0 Å². The normalized spacial score (nSPS) is 19.2. The van der Waals surface area contributed by atoms with Crippen LogP contribution in [0.5, 0.6) is 0 Å². The number of nitrogen functional groups attached to an aromatic ring is 1. The van der Waals surface area contributed by atoms with Gasteiger partial charge in [-0.2, -0.15) is 5.10 Å². The highest BCUT2D eigenvalue weighted by atomic mass is 16.5. The molecule has 1 aromatic carbocycles. The van der Waals surface area contributed by atoms with E-state index in [1.807, 2.05) is 35.1 Å². The van der Waals surface area contributed by atoms with E-state index in [9.17, 15) is 0 Å². The Labute approximate surface area is 106 Å². The van der Waals surface area contributed by atoms with Crippen LogP contribution in [-0.2, 0) is 11.3 Å². The lowest BCUT2D eigenvalue weighted by atomic mass is 10.1. The van der Waals surface area contributed by atoms with Crippen LogP contribution in [0.3, 0.4) is 0 Å². The molecular weight excluding hydrogens is 226 g/mol. The molecule has 2 heterocycles. The van der Waals surface area contributed by atoms with Crippen molar-refractivity contribution in [3.8, 4) is 11.1 Å². The Hall–Kier alpha value is -1.81. The number of aromatic nitrogens is 2. The van der Waals surface area contributed by atoms with Crippen molar-refractivity contribution in [2.75, 3.05) is 18.9 Å². The maximum absolute atomic E-state index is 5.97. The van der Waals surface area contributed by atoms with Crippen LogP contribution in [0, 0.1) is 5.92 Å². The number of benzene rings is 1. The van der Waals surface area contributed by atoms with Crippen molar-refractivity contribution in [2.45, 2.75) is 13.0 Å². The molecule has 0 aliphatic carbocycles. The summed E-state index contributed by atoms with van der Waals surface area (Å²) in [6.45, 7) is 2.65. The summed E-state index contributed by atoms with van der Waals surface area (Å²) >= 11 is 0. The van der Waals surface area contributed by atoms with E-state index in [0.717, 1.165) is 43.0 Å². The van der Waals surface area contributed by atoms with Crippen LogP contribution in [-0.4, -0.2) is 23.0 Å². The first-order chi connectivity index (χ1) is 8.83. The van der Waals surface area contributed by atoms with Crippen LogP contribution < -0.4 is 5.73 Å². The van der Waals surface area contributed by atoms with Gasteiger partial charge in [0.15, 0.2) is 0 Å². The fraction of sp³-hybridized carbons (Fsp3) is 0.357. The number of hydrogen-bond donors (Lipinski definition) is 1. The van der Waals surface area contributed by atoms with E-state index in [4.69, 9.17) is 10.5 Å². The first-order valence-electron chi connectivity index (χ1n) is 6.28. The maximum atomic E-state index is 5.97. The highest BCUT2D eigenvalue weighted by molar-refractivity contribution is 5.75. The molecule has 1 aromatic heterocycles. The van der Waals surface area contributed by atoms with E-state index in [2.05, 4.69) is 11.3 Å². The molecule has 4 heteroatoms. The first-order valence-corrected chi connectivity index (χ1v) is 6.28. The smallest absolute Gasteiger partial charge is 0.0569 e. The maximum Gasteiger partial charge on any atom is 0.0569 e. The minimum atomic E-state index is 0.589. The predicted octanol–water partition coefficient (Wildman–Crippen LogP) is 2.17. The van der Waals surface area contributed by atoms with Gasteiger partial charge in [0.2, 0.25) is 0 Å². The van der Waals surface area contributed by atoms with E-state index in [0.29, 0.717) is 5.92 Å². The summed E-state index contributed by atoms with van der Waals surface area (Å²) < 4.78 is 7.37. The molecule has 1 aliphatic rings. The first kappa shape index (κ1) is 11.3. The molecule has 1 fully saturated rings. The fourth-order valence-electron chi connectivity index (χ4n) is 2.35. The van der Waals surface area contributed by atoms with Gasteiger partial charge in [-0.3, -0.25) is 4.68 Å². The average Bonchev–Trinajstić information content (AvgIpc) is 3.02. The number of hydrogen-bond acceptors (Lipinski definition) is 3. The zero-order chi connectivity index (χ0) is 12.4. The topological polar surface area (TPSA) is 53.1 Å². The van der Waals surface area contributed by atoms with Crippen LogP contribution >= 0.6 is 0 Å². The number of nitrogens with zero attached hydrogens (tertiary/aromatic N) is 2. The van der Waals surface area contributed by atoms with Crippen LogP contribution in [0.25, 0.3) is 11.1 Å². The molecule has 1 unspecified atom stereocenters. The van der Waals surface area contributed by atoms with E-state index >= 15 is 0 Å². The summed E-state index contributed by atoms with van der Waals surface area (Å²) in [7, 11) is 0. The summed E-state index contributed by atoms with van der Waals surface area (Å²) in [5, 5.41) is 4.40. The zero-order valence-electron chi connectivity index (χ0n) is 10.2. The Bertz CT molecular complexity index is 529. The molecule has 1 aliphatic heterocycles. The van der Waals surface area contributed by atoms with Crippen LogP contribution in [0.15, 0.2) is 36.7 Å². The molecule has 0 amide bonds. The second-order valence-corrected chi connectivity index (χ2v) is 4.77. The molecule has 0 saturated carbocycles. The number of anilines is 1. The van der Waals surface area contributed by atoms with Crippen molar-refractivity contribution in [3.05, 3.63) is 36.7 Å². The van der Waals surface area contributed by atoms with E-state index in [-0.39, 0.29) is 0 Å². The van der Waals surface area contributed by atoms with Gasteiger partial charge in [0.05, 0.1) is 12.8 Å². The number of rotatable bonds is 3. The Morgan fingerprint density at radius 1 is 1.39 bits per heavy atom. The standard InChI is InChI=1S/C14H17N3O/c15-14-4-2-1-3-13(14)12-7-16-17(9-12)8-11-5-6-18-10-11/h1-4,7,9,11H,5-6,8,10,15H2. The molecule has 0 bridgehead atoms. The van der Waals surface area contributed by atoms with Crippen molar-refractivity contribution in [3.63, 3.8) is 0 Å². The lowest BCUT2D eigenvalue weighted by Gasteiger charge is -2.06. The molecule has 0 spiro atoms. The fourth-order valence-corrected chi connectivity index (χ4v) is 2.35. The number of nitrogens with two attached hydrogens (primary N) is 1. The zero-order valence-corrected chi connectivity index (χ0v) is 10.2. The van der Waals surface area contributed by atoms with Gasteiger partial charge < -0.3 is 10.5 Å². The van der Waals surface area contributed by atoms with E-state index in [1.54, 1.807) is 0 Å². The Kier molecular flexibility index (Phi) is 3.02. The Morgan fingerprint density at radius 2 is 2.28 bits per heavy atom. The summed E-state index contributed by atoms with van der Waals surface area (Å²) in [6, 6.07) is 7.87. The molecule has 2 aromatic rings. The third-order valence-electron chi connectivity index (χ3n) is 3.37. The highest BCUT2D eigenvalue weighted by Gasteiger charge is 2.16. The van der Waals surface area contributed by atoms with Crippen molar-refractivity contribution in [1.29, 1.82) is 0 Å². The van der Waals surface area contributed by atoms with Gasteiger partial charge in [-0.15, -0.1) is 0 Å². The van der Waals surface area contributed by atoms with Gasteiger partial charge in [0, 0.05) is 42.1 Å². The monoisotopic (exact) mass is 243 g/mol. The van der Waals surface area contributed by atoms with Crippen LogP contribution in [0.4, 0.5) is 5.69 Å². The summed E-state index contributed by atoms with van der Waals surface area (Å²) in [6.07, 6.45) is 5.06. The molecule has 3 rings (SSSR count).